The number of carbonyl (C=O) groups excluding carboxylic acids is 1. The van der Waals surface area contributed by atoms with Crippen molar-refractivity contribution in [1.82, 2.24) is 9.97 Å². The van der Waals surface area contributed by atoms with E-state index in [1.54, 1.807) is 6.07 Å². The van der Waals surface area contributed by atoms with Crippen molar-refractivity contribution >= 4 is 11.8 Å². The molecule has 1 saturated carbocycles. The van der Waals surface area contributed by atoms with Gasteiger partial charge in [-0.1, -0.05) is 0 Å². The standard InChI is InChI=1S/C15H21N3O3/c1-21-14(20)8-11-4-2-3-7-18(11)12-9-13(19)17-15(16-12)10-5-6-10/h9-11H,2-8H2,1H3,(H,16,17,19). The molecule has 2 aliphatic rings. The Morgan fingerprint density at radius 1 is 1.43 bits per heavy atom. The van der Waals surface area contributed by atoms with Crippen molar-refractivity contribution in [1.29, 1.82) is 0 Å². The van der Waals surface area contributed by atoms with Gasteiger partial charge in [-0.25, -0.2) is 4.98 Å². The van der Waals surface area contributed by atoms with Gasteiger partial charge in [0.05, 0.1) is 13.5 Å². The van der Waals surface area contributed by atoms with E-state index in [-0.39, 0.29) is 17.6 Å². The van der Waals surface area contributed by atoms with Crippen molar-refractivity contribution in [2.24, 2.45) is 0 Å². The summed E-state index contributed by atoms with van der Waals surface area (Å²) in [5.41, 5.74) is -0.107. The zero-order valence-electron chi connectivity index (χ0n) is 12.3. The fraction of sp³-hybridized carbons (Fsp3) is 0.667. The molecule has 0 bridgehead atoms. The molecule has 0 amide bonds. The number of aromatic nitrogens is 2. The topological polar surface area (TPSA) is 75.3 Å². The molecule has 0 radical (unpaired) electrons. The Morgan fingerprint density at radius 3 is 2.95 bits per heavy atom. The largest absolute Gasteiger partial charge is 0.469 e. The van der Waals surface area contributed by atoms with Gasteiger partial charge in [0.2, 0.25) is 0 Å². The van der Waals surface area contributed by atoms with E-state index >= 15 is 0 Å². The summed E-state index contributed by atoms with van der Waals surface area (Å²) in [7, 11) is 1.41. The monoisotopic (exact) mass is 291 g/mol. The molecular formula is C15H21N3O3. The molecule has 1 N–H and O–H groups in total. The minimum atomic E-state index is -0.209. The van der Waals surface area contributed by atoms with E-state index in [9.17, 15) is 9.59 Å². The van der Waals surface area contributed by atoms with Gasteiger partial charge in [0.25, 0.3) is 5.56 Å². The molecule has 1 aliphatic heterocycles. The number of rotatable bonds is 4. The molecule has 1 unspecified atom stereocenters. The highest BCUT2D eigenvalue weighted by Gasteiger charge is 2.30. The average molecular weight is 291 g/mol. The first kappa shape index (κ1) is 14.1. The van der Waals surface area contributed by atoms with Gasteiger partial charge in [-0.2, -0.15) is 0 Å². The number of H-pyrrole nitrogens is 1. The molecule has 6 nitrogen and oxygen atoms in total. The number of nitrogens with zero attached hydrogens (tertiary/aromatic N) is 2. The Hall–Kier alpha value is -1.85. The number of ether oxygens (including phenoxy) is 1. The lowest BCUT2D eigenvalue weighted by atomic mass is 9.99. The second-order valence-electron chi connectivity index (χ2n) is 5.89. The van der Waals surface area contributed by atoms with Crippen molar-refractivity contribution in [3.8, 4) is 0 Å². The molecule has 6 heteroatoms. The summed E-state index contributed by atoms with van der Waals surface area (Å²) in [5, 5.41) is 0. The Balaban J connectivity index is 1.85. The number of hydrogen-bond acceptors (Lipinski definition) is 5. The van der Waals surface area contributed by atoms with Crippen LogP contribution in [-0.2, 0) is 9.53 Å². The smallest absolute Gasteiger partial charge is 0.307 e. The molecule has 1 saturated heterocycles. The van der Waals surface area contributed by atoms with Crippen molar-refractivity contribution in [3.63, 3.8) is 0 Å². The molecular weight excluding hydrogens is 270 g/mol. The molecule has 2 heterocycles. The van der Waals surface area contributed by atoms with Crippen LogP contribution in [0, 0.1) is 0 Å². The van der Waals surface area contributed by atoms with Gasteiger partial charge in [0.1, 0.15) is 11.6 Å². The molecule has 1 aliphatic carbocycles. The zero-order chi connectivity index (χ0) is 14.8. The molecule has 2 fully saturated rings. The van der Waals surface area contributed by atoms with Crippen LogP contribution in [0.3, 0.4) is 0 Å². The number of carbonyl (C=O) groups is 1. The number of esters is 1. The number of nitrogens with one attached hydrogen (secondary N) is 1. The first-order chi connectivity index (χ1) is 10.2. The van der Waals surface area contributed by atoms with Crippen LogP contribution in [-0.4, -0.2) is 35.6 Å². The highest BCUT2D eigenvalue weighted by atomic mass is 16.5. The van der Waals surface area contributed by atoms with E-state index < -0.39 is 0 Å². The van der Waals surface area contributed by atoms with Gasteiger partial charge in [0, 0.05) is 24.6 Å². The third kappa shape index (κ3) is 3.25. The summed E-state index contributed by atoms with van der Waals surface area (Å²) in [6, 6.07) is 1.62. The maximum Gasteiger partial charge on any atom is 0.307 e. The SMILES string of the molecule is COC(=O)CC1CCCCN1c1cc(=O)[nH]c(C2CC2)n1. The Bertz CT molecular complexity index is 580. The van der Waals surface area contributed by atoms with Gasteiger partial charge >= 0.3 is 5.97 Å². The van der Waals surface area contributed by atoms with E-state index in [1.807, 2.05) is 0 Å². The predicted octanol–water partition coefficient (Wildman–Crippen LogP) is 1.57. The maximum atomic E-state index is 11.9. The van der Waals surface area contributed by atoms with Gasteiger partial charge in [-0.05, 0) is 32.1 Å². The molecule has 21 heavy (non-hydrogen) atoms. The second kappa shape index (κ2) is 5.87. The second-order valence-corrected chi connectivity index (χ2v) is 5.89. The van der Waals surface area contributed by atoms with Crippen molar-refractivity contribution < 1.29 is 9.53 Å². The van der Waals surface area contributed by atoms with Gasteiger partial charge < -0.3 is 14.6 Å². The van der Waals surface area contributed by atoms with Crippen molar-refractivity contribution in [2.45, 2.75) is 50.5 Å². The summed E-state index contributed by atoms with van der Waals surface area (Å²) < 4.78 is 4.78. The third-order valence-electron chi connectivity index (χ3n) is 4.26. The van der Waals surface area contributed by atoms with E-state index in [0.29, 0.717) is 18.2 Å². The maximum absolute atomic E-state index is 11.9. The predicted molar refractivity (Wildman–Crippen MR) is 78.5 cm³/mol. The van der Waals surface area contributed by atoms with Crippen LogP contribution < -0.4 is 10.5 Å². The fourth-order valence-electron chi connectivity index (χ4n) is 2.95. The van der Waals surface area contributed by atoms with Gasteiger partial charge in [-0.15, -0.1) is 0 Å². The first-order valence-corrected chi connectivity index (χ1v) is 7.62. The highest BCUT2D eigenvalue weighted by Crippen LogP contribution is 2.38. The van der Waals surface area contributed by atoms with E-state index in [2.05, 4.69) is 14.9 Å². The molecule has 0 aromatic carbocycles. The number of methoxy groups -OCH3 is 1. The normalized spacial score (nSPS) is 22.1. The van der Waals surface area contributed by atoms with Crippen molar-refractivity contribution in [3.05, 3.63) is 22.2 Å². The summed E-state index contributed by atoms with van der Waals surface area (Å²) in [6.07, 6.45) is 5.63. The summed E-state index contributed by atoms with van der Waals surface area (Å²) in [4.78, 5) is 33.0. The lowest BCUT2D eigenvalue weighted by Crippen LogP contribution is -2.42. The molecule has 1 aromatic heterocycles. The van der Waals surface area contributed by atoms with Crippen LogP contribution in [0.15, 0.2) is 10.9 Å². The van der Waals surface area contributed by atoms with Crippen LogP contribution in [0.5, 0.6) is 0 Å². The van der Waals surface area contributed by atoms with E-state index in [1.165, 1.54) is 7.11 Å². The third-order valence-corrected chi connectivity index (χ3v) is 4.26. The lowest BCUT2D eigenvalue weighted by Gasteiger charge is -2.36. The number of piperidine rings is 1. The Labute approximate surface area is 123 Å². The zero-order valence-corrected chi connectivity index (χ0v) is 12.3. The van der Waals surface area contributed by atoms with E-state index in [0.717, 1.165) is 44.5 Å². The van der Waals surface area contributed by atoms with Gasteiger partial charge in [-0.3, -0.25) is 9.59 Å². The summed E-state index contributed by atoms with van der Waals surface area (Å²) in [5.74, 6) is 1.69. The quantitative estimate of drug-likeness (QED) is 0.852. The molecule has 1 aromatic rings. The molecule has 3 rings (SSSR count). The first-order valence-electron chi connectivity index (χ1n) is 7.62. The van der Waals surface area contributed by atoms with Crippen LogP contribution in [0.1, 0.15) is 50.3 Å². The lowest BCUT2D eigenvalue weighted by molar-refractivity contribution is -0.141. The van der Waals surface area contributed by atoms with E-state index in [4.69, 9.17) is 4.74 Å². The highest BCUT2D eigenvalue weighted by molar-refractivity contribution is 5.70. The fourth-order valence-corrected chi connectivity index (χ4v) is 2.95. The van der Waals surface area contributed by atoms with Gasteiger partial charge in [0.15, 0.2) is 0 Å². The molecule has 114 valence electrons. The minimum Gasteiger partial charge on any atom is -0.469 e. The summed E-state index contributed by atoms with van der Waals surface area (Å²) in [6.45, 7) is 0.836. The summed E-state index contributed by atoms with van der Waals surface area (Å²) >= 11 is 0. The number of anilines is 1. The molecule has 0 spiro atoms. The van der Waals surface area contributed by atoms with Crippen LogP contribution in [0.4, 0.5) is 5.82 Å². The average Bonchev–Trinajstić information content (AvgIpc) is 3.31. The van der Waals surface area contributed by atoms with Crippen LogP contribution in [0.25, 0.3) is 0 Å². The number of aromatic amines is 1. The minimum absolute atomic E-state index is 0.0764. The number of hydrogen-bond donors (Lipinski definition) is 1. The van der Waals surface area contributed by atoms with Crippen LogP contribution >= 0.6 is 0 Å². The molecule has 1 atom stereocenters. The van der Waals surface area contributed by atoms with Crippen molar-refractivity contribution in [2.75, 3.05) is 18.6 Å². The Kier molecular flexibility index (Phi) is 3.94. The van der Waals surface area contributed by atoms with Crippen LogP contribution in [0.2, 0.25) is 0 Å². The Morgan fingerprint density at radius 2 is 2.24 bits per heavy atom.